The summed E-state index contributed by atoms with van der Waals surface area (Å²) in [4.78, 5) is 30.0. The number of para-hydroxylation sites is 1. The van der Waals surface area contributed by atoms with Gasteiger partial charge in [-0.3, -0.25) is 14.5 Å². The number of carbonyl (C=O) groups excluding carboxylic acids is 1. The SMILES string of the molecule is CCCCN(CCN)C(=O)CN1C[C@H](c2ccc3c(c2)OCO3)C(C(=O)O)[C@@H]1CCc1ccccc1OC. The fraction of sp³-hybridized carbons (Fsp3) is 0.517. The summed E-state index contributed by atoms with van der Waals surface area (Å²) in [6.45, 7) is 4.40. The molecular weight excluding hydrogens is 486 g/mol. The maximum atomic E-state index is 13.4. The van der Waals surface area contributed by atoms with Crippen molar-refractivity contribution in [3.05, 3.63) is 53.6 Å². The number of carboxylic acid groups (broad SMARTS) is 1. The summed E-state index contributed by atoms with van der Waals surface area (Å²) in [5.74, 6) is 0.208. The first-order chi connectivity index (χ1) is 18.5. The van der Waals surface area contributed by atoms with Crippen LogP contribution < -0.4 is 19.9 Å². The van der Waals surface area contributed by atoms with Crippen LogP contribution in [-0.4, -0.2) is 79.5 Å². The Morgan fingerprint density at radius 3 is 2.68 bits per heavy atom. The summed E-state index contributed by atoms with van der Waals surface area (Å²) in [6.07, 6.45) is 3.10. The molecule has 3 N–H and O–H groups in total. The molecule has 0 aromatic heterocycles. The number of unbranched alkanes of at least 4 members (excludes halogenated alkanes) is 1. The Hall–Kier alpha value is -3.30. The molecule has 1 amide bonds. The van der Waals surface area contributed by atoms with Gasteiger partial charge in [0, 0.05) is 38.1 Å². The molecule has 3 atom stereocenters. The minimum Gasteiger partial charge on any atom is -0.496 e. The minimum absolute atomic E-state index is 0.0123. The monoisotopic (exact) mass is 525 g/mol. The Kier molecular flexibility index (Phi) is 9.47. The minimum atomic E-state index is -0.863. The van der Waals surface area contributed by atoms with Gasteiger partial charge in [-0.1, -0.05) is 37.6 Å². The molecule has 38 heavy (non-hydrogen) atoms. The largest absolute Gasteiger partial charge is 0.496 e. The van der Waals surface area contributed by atoms with Crippen LogP contribution in [-0.2, 0) is 16.0 Å². The van der Waals surface area contributed by atoms with Crippen LogP contribution in [0.25, 0.3) is 0 Å². The average Bonchev–Trinajstić information content (AvgIpc) is 3.54. The van der Waals surface area contributed by atoms with Crippen LogP contribution in [0.5, 0.6) is 17.2 Å². The lowest BCUT2D eigenvalue weighted by Gasteiger charge is -2.29. The maximum absolute atomic E-state index is 13.4. The third-order valence-corrected chi connectivity index (χ3v) is 7.63. The van der Waals surface area contributed by atoms with Crippen molar-refractivity contribution < 1.29 is 28.9 Å². The van der Waals surface area contributed by atoms with Crippen molar-refractivity contribution in [1.82, 2.24) is 9.80 Å². The van der Waals surface area contributed by atoms with Crippen LogP contribution in [0.3, 0.4) is 0 Å². The first kappa shape index (κ1) is 27.7. The summed E-state index contributed by atoms with van der Waals surface area (Å²) in [6, 6.07) is 13.1. The van der Waals surface area contributed by atoms with Crippen molar-refractivity contribution in [3.63, 3.8) is 0 Å². The lowest BCUT2D eigenvalue weighted by molar-refractivity contribution is -0.143. The van der Waals surface area contributed by atoms with Crippen LogP contribution in [0.4, 0.5) is 0 Å². The number of hydrogen-bond donors (Lipinski definition) is 2. The predicted molar refractivity (Wildman–Crippen MR) is 144 cm³/mol. The van der Waals surface area contributed by atoms with Gasteiger partial charge in [0.2, 0.25) is 12.7 Å². The van der Waals surface area contributed by atoms with E-state index in [1.54, 1.807) is 7.11 Å². The number of carboxylic acids is 1. The maximum Gasteiger partial charge on any atom is 0.308 e. The molecule has 2 aliphatic rings. The van der Waals surface area contributed by atoms with E-state index >= 15 is 0 Å². The zero-order chi connectivity index (χ0) is 27.1. The van der Waals surface area contributed by atoms with Gasteiger partial charge in [0.05, 0.1) is 19.6 Å². The van der Waals surface area contributed by atoms with Crippen LogP contribution in [0.2, 0.25) is 0 Å². The van der Waals surface area contributed by atoms with Gasteiger partial charge in [0.1, 0.15) is 5.75 Å². The molecule has 0 spiro atoms. The van der Waals surface area contributed by atoms with Crippen LogP contribution in [0.15, 0.2) is 42.5 Å². The highest BCUT2D eigenvalue weighted by Crippen LogP contribution is 2.43. The molecular formula is C29H39N3O6. The predicted octanol–water partition coefficient (Wildman–Crippen LogP) is 3.11. The van der Waals surface area contributed by atoms with Gasteiger partial charge in [0.25, 0.3) is 0 Å². The fourth-order valence-electron chi connectivity index (χ4n) is 5.69. The Balaban J connectivity index is 1.62. The fourth-order valence-corrected chi connectivity index (χ4v) is 5.69. The zero-order valence-corrected chi connectivity index (χ0v) is 22.3. The molecule has 0 aliphatic carbocycles. The molecule has 0 saturated carbocycles. The summed E-state index contributed by atoms with van der Waals surface area (Å²) >= 11 is 0. The van der Waals surface area contributed by atoms with Gasteiger partial charge in [-0.25, -0.2) is 0 Å². The van der Waals surface area contributed by atoms with Crippen LogP contribution in [0.1, 0.15) is 43.2 Å². The smallest absolute Gasteiger partial charge is 0.308 e. The topological polar surface area (TPSA) is 115 Å². The van der Waals surface area contributed by atoms with E-state index in [0.717, 1.165) is 29.7 Å². The first-order valence-electron chi connectivity index (χ1n) is 13.4. The highest BCUT2D eigenvalue weighted by molar-refractivity contribution is 5.79. The molecule has 1 saturated heterocycles. The summed E-state index contributed by atoms with van der Waals surface area (Å²) < 4.78 is 16.6. The summed E-state index contributed by atoms with van der Waals surface area (Å²) in [5.41, 5.74) is 7.70. The van der Waals surface area contributed by atoms with Gasteiger partial charge in [-0.05, 0) is 48.6 Å². The van der Waals surface area contributed by atoms with Crippen molar-refractivity contribution in [2.45, 2.75) is 44.6 Å². The molecule has 1 fully saturated rings. The number of benzene rings is 2. The van der Waals surface area contributed by atoms with E-state index in [0.29, 0.717) is 50.5 Å². The van der Waals surface area contributed by atoms with E-state index in [-0.39, 0.29) is 31.2 Å². The van der Waals surface area contributed by atoms with Crippen molar-refractivity contribution >= 4 is 11.9 Å². The number of amides is 1. The van der Waals surface area contributed by atoms with Crippen molar-refractivity contribution in [2.24, 2.45) is 11.7 Å². The number of fused-ring (bicyclic) bond motifs is 1. The molecule has 2 aromatic rings. The third kappa shape index (κ3) is 6.22. The molecule has 2 heterocycles. The summed E-state index contributed by atoms with van der Waals surface area (Å²) in [5, 5.41) is 10.4. The number of methoxy groups -OCH3 is 1. The molecule has 4 rings (SSSR count). The quantitative estimate of drug-likeness (QED) is 0.410. The Morgan fingerprint density at radius 2 is 1.95 bits per heavy atom. The number of ether oxygens (including phenoxy) is 3. The van der Waals surface area contributed by atoms with Gasteiger partial charge in [-0.2, -0.15) is 0 Å². The van der Waals surface area contributed by atoms with Gasteiger partial charge >= 0.3 is 5.97 Å². The molecule has 0 bridgehead atoms. The molecule has 9 heteroatoms. The zero-order valence-electron chi connectivity index (χ0n) is 22.3. The molecule has 206 valence electrons. The lowest BCUT2D eigenvalue weighted by Crippen LogP contribution is -2.45. The molecule has 0 radical (unpaired) electrons. The number of aryl methyl sites for hydroxylation is 1. The van der Waals surface area contributed by atoms with E-state index in [1.165, 1.54) is 0 Å². The number of rotatable bonds is 13. The molecule has 2 aliphatic heterocycles. The van der Waals surface area contributed by atoms with Crippen molar-refractivity contribution in [2.75, 3.05) is 46.6 Å². The van der Waals surface area contributed by atoms with E-state index < -0.39 is 11.9 Å². The number of carbonyl (C=O) groups is 2. The number of aliphatic carboxylic acids is 1. The second-order valence-corrected chi connectivity index (χ2v) is 9.95. The molecule has 9 nitrogen and oxygen atoms in total. The van der Waals surface area contributed by atoms with E-state index in [9.17, 15) is 14.7 Å². The van der Waals surface area contributed by atoms with E-state index in [2.05, 4.69) is 11.8 Å². The number of nitrogens with two attached hydrogens (primary N) is 1. The number of nitrogens with zero attached hydrogens (tertiary/aromatic N) is 2. The number of hydrogen-bond acceptors (Lipinski definition) is 7. The van der Waals surface area contributed by atoms with Crippen LogP contribution in [0, 0.1) is 5.92 Å². The second-order valence-electron chi connectivity index (χ2n) is 9.95. The Morgan fingerprint density at radius 1 is 1.16 bits per heavy atom. The van der Waals surface area contributed by atoms with E-state index in [1.807, 2.05) is 47.4 Å². The molecule has 1 unspecified atom stereocenters. The second kappa shape index (κ2) is 13.0. The van der Waals surface area contributed by atoms with Crippen molar-refractivity contribution in [1.29, 1.82) is 0 Å². The highest BCUT2D eigenvalue weighted by atomic mass is 16.7. The van der Waals surface area contributed by atoms with Crippen molar-refractivity contribution in [3.8, 4) is 17.2 Å². The Bertz CT molecular complexity index is 1110. The Labute approximate surface area is 224 Å². The normalized spacial score (nSPS) is 20.4. The average molecular weight is 526 g/mol. The van der Waals surface area contributed by atoms with Gasteiger partial charge < -0.3 is 30.0 Å². The lowest BCUT2D eigenvalue weighted by atomic mass is 9.83. The third-order valence-electron chi connectivity index (χ3n) is 7.63. The van der Waals surface area contributed by atoms with E-state index in [4.69, 9.17) is 19.9 Å². The highest BCUT2D eigenvalue weighted by Gasteiger charge is 2.47. The van der Waals surface area contributed by atoms with Gasteiger partial charge in [0.15, 0.2) is 11.5 Å². The first-order valence-corrected chi connectivity index (χ1v) is 13.4. The standard InChI is InChI=1S/C29H39N3O6/c1-3-4-14-31(15-13-30)27(33)18-32-17-22(21-10-12-25-26(16-21)38-19-37-25)28(29(34)35)23(32)11-9-20-7-5-6-8-24(20)36-2/h5-8,10,12,16,22-23,28H,3-4,9,11,13-15,17-19,30H2,1-2H3,(H,34,35)/t22-,23+,28?/m1/s1. The molecule has 2 aromatic carbocycles. The van der Waals surface area contributed by atoms with Crippen LogP contribution >= 0.6 is 0 Å². The number of likely N-dealkylation sites (tertiary alicyclic amines) is 1. The summed E-state index contributed by atoms with van der Waals surface area (Å²) in [7, 11) is 1.64. The van der Waals surface area contributed by atoms with Gasteiger partial charge in [-0.15, -0.1) is 0 Å².